The second kappa shape index (κ2) is 5.66. The largest absolute Gasteiger partial charge is 0.373 e. The summed E-state index contributed by atoms with van der Waals surface area (Å²) in [6.07, 6.45) is -0.544. The Morgan fingerprint density at radius 2 is 1.90 bits per heavy atom. The zero-order valence-electron chi connectivity index (χ0n) is 11.5. The van der Waals surface area contributed by atoms with Crippen LogP contribution in [0.4, 0.5) is 10.1 Å². The van der Waals surface area contributed by atoms with Gasteiger partial charge in [0.15, 0.2) is 0 Å². The summed E-state index contributed by atoms with van der Waals surface area (Å²) in [6, 6.07) is 2.58. The predicted molar refractivity (Wildman–Crippen MR) is 71.8 cm³/mol. The zero-order valence-corrected chi connectivity index (χ0v) is 12.3. The molecule has 1 saturated heterocycles. The highest BCUT2D eigenvalue weighted by molar-refractivity contribution is 7.89. The number of nitro benzene ring substituents is 1. The molecule has 1 heterocycles. The molecule has 0 aromatic heterocycles. The number of hydrogen-bond donors (Lipinski definition) is 0. The molecule has 0 saturated carbocycles. The summed E-state index contributed by atoms with van der Waals surface area (Å²) >= 11 is 0. The molecule has 0 amide bonds. The Labute approximate surface area is 121 Å². The van der Waals surface area contributed by atoms with Crippen LogP contribution in [0, 0.1) is 15.9 Å². The lowest BCUT2D eigenvalue weighted by Crippen LogP contribution is -2.48. The van der Waals surface area contributed by atoms with Crippen molar-refractivity contribution in [2.75, 3.05) is 13.1 Å². The first-order chi connectivity index (χ1) is 9.71. The normalized spacial score (nSPS) is 24.0. The molecule has 0 spiro atoms. The van der Waals surface area contributed by atoms with Gasteiger partial charge in [-0.15, -0.1) is 0 Å². The molecule has 1 aromatic rings. The molecule has 0 aliphatic carbocycles. The molecule has 1 fully saturated rings. The number of ether oxygens (including phenoxy) is 1. The van der Waals surface area contributed by atoms with E-state index < -0.39 is 26.5 Å². The average molecular weight is 318 g/mol. The minimum absolute atomic E-state index is 0.158. The maximum atomic E-state index is 13.6. The number of morpholine rings is 1. The molecule has 7 nitrogen and oxygen atoms in total. The highest BCUT2D eigenvalue weighted by Gasteiger charge is 2.33. The average Bonchev–Trinajstić information content (AvgIpc) is 2.36. The maximum Gasteiger partial charge on any atom is 0.304 e. The fourth-order valence-corrected chi connectivity index (χ4v) is 3.88. The van der Waals surface area contributed by atoms with Gasteiger partial charge in [0.25, 0.3) is 0 Å². The van der Waals surface area contributed by atoms with Crippen molar-refractivity contribution in [3.63, 3.8) is 0 Å². The summed E-state index contributed by atoms with van der Waals surface area (Å²) in [5, 5.41) is 10.6. The fourth-order valence-electron chi connectivity index (χ4n) is 2.27. The summed E-state index contributed by atoms with van der Waals surface area (Å²) < 4.78 is 45.1. The van der Waals surface area contributed by atoms with E-state index in [1.807, 2.05) is 0 Å². The van der Waals surface area contributed by atoms with Crippen LogP contribution >= 0.6 is 0 Å². The van der Waals surface area contributed by atoms with Crippen molar-refractivity contribution < 1.29 is 22.5 Å². The maximum absolute atomic E-state index is 13.6. The van der Waals surface area contributed by atoms with Gasteiger partial charge in [-0.3, -0.25) is 10.1 Å². The lowest BCUT2D eigenvalue weighted by molar-refractivity contribution is -0.387. The third-order valence-electron chi connectivity index (χ3n) is 3.14. The van der Waals surface area contributed by atoms with E-state index in [1.54, 1.807) is 13.8 Å². The first kappa shape index (κ1) is 15.8. The number of halogens is 1. The van der Waals surface area contributed by atoms with Gasteiger partial charge in [-0.25, -0.2) is 8.42 Å². The Balaban J connectivity index is 2.35. The number of rotatable bonds is 3. The van der Waals surface area contributed by atoms with Gasteiger partial charge in [0.1, 0.15) is 0 Å². The zero-order chi connectivity index (χ0) is 15.8. The van der Waals surface area contributed by atoms with Gasteiger partial charge in [0.2, 0.25) is 15.8 Å². The smallest absolute Gasteiger partial charge is 0.304 e. The van der Waals surface area contributed by atoms with Crippen molar-refractivity contribution in [2.24, 2.45) is 0 Å². The monoisotopic (exact) mass is 318 g/mol. The van der Waals surface area contributed by atoms with Gasteiger partial charge in [-0.05, 0) is 19.9 Å². The van der Waals surface area contributed by atoms with Crippen LogP contribution in [0.2, 0.25) is 0 Å². The Bertz CT molecular complexity index is 654. The van der Waals surface area contributed by atoms with Gasteiger partial charge >= 0.3 is 5.69 Å². The van der Waals surface area contributed by atoms with Crippen molar-refractivity contribution >= 4 is 15.7 Å². The first-order valence-corrected chi connectivity index (χ1v) is 7.75. The molecule has 0 radical (unpaired) electrons. The second-order valence-electron chi connectivity index (χ2n) is 4.95. The minimum Gasteiger partial charge on any atom is -0.373 e. The topological polar surface area (TPSA) is 89.8 Å². The third kappa shape index (κ3) is 3.20. The number of hydrogen-bond acceptors (Lipinski definition) is 5. The van der Waals surface area contributed by atoms with E-state index in [2.05, 4.69) is 0 Å². The molecular formula is C12H15FN2O5S. The van der Waals surface area contributed by atoms with Gasteiger partial charge in [-0.1, -0.05) is 0 Å². The fraction of sp³-hybridized carbons (Fsp3) is 0.500. The summed E-state index contributed by atoms with van der Waals surface area (Å²) in [5.74, 6) is -1.17. The molecule has 2 rings (SSSR count). The third-order valence-corrected chi connectivity index (χ3v) is 4.97. The van der Waals surface area contributed by atoms with E-state index in [0.29, 0.717) is 6.07 Å². The van der Waals surface area contributed by atoms with E-state index in [0.717, 1.165) is 12.1 Å². The van der Waals surface area contributed by atoms with E-state index in [1.165, 1.54) is 4.31 Å². The van der Waals surface area contributed by atoms with Gasteiger partial charge in [0.05, 0.1) is 22.0 Å². The van der Waals surface area contributed by atoms with Crippen LogP contribution in [0.3, 0.4) is 0 Å². The van der Waals surface area contributed by atoms with Crippen molar-refractivity contribution in [1.82, 2.24) is 4.31 Å². The lowest BCUT2D eigenvalue weighted by Gasteiger charge is -2.34. The summed E-state index contributed by atoms with van der Waals surface area (Å²) in [4.78, 5) is 9.36. The SMILES string of the molecule is C[C@@H]1CN(S(=O)(=O)c2ccc([N+](=O)[O-])c(F)c2)C[C@H](C)O1. The van der Waals surface area contributed by atoms with Gasteiger partial charge in [-0.2, -0.15) is 8.70 Å². The van der Waals surface area contributed by atoms with E-state index in [-0.39, 0.29) is 30.2 Å². The summed E-state index contributed by atoms with van der Waals surface area (Å²) in [7, 11) is -3.90. The standard InChI is InChI=1S/C12H15FN2O5S/c1-8-6-14(7-9(2)20-8)21(18,19)10-3-4-12(15(16)17)11(13)5-10/h3-5,8-9H,6-7H2,1-2H3/t8-,9+. The number of nitro groups is 1. The number of nitrogens with zero attached hydrogens (tertiary/aromatic N) is 2. The number of benzene rings is 1. The Hall–Kier alpha value is -1.58. The van der Waals surface area contributed by atoms with E-state index in [4.69, 9.17) is 4.74 Å². The minimum atomic E-state index is -3.90. The van der Waals surface area contributed by atoms with Crippen LogP contribution in [-0.4, -0.2) is 42.9 Å². The van der Waals surface area contributed by atoms with Crippen molar-refractivity contribution in [2.45, 2.75) is 31.0 Å². The van der Waals surface area contributed by atoms with Crippen LogP contribution in [0.1, 0.15) is 13.8 Å². The van der Waals surface area contributed by atoms with Crippen LogP contribution in [0.5, 0.6) is 0 Å². The Morgan fingerprint density at radius 3 is 2.38 bits per heavy atom. The predicted octanol–water partition coefficient (Wildman–Crippen LogP) is 1.53. The highest BCUT2D eigenvalue weighted by Crippen LogP contribution is 2.25. The molecule has 0 unspecified atom stereocenters. The molecule has 116 valence electrons. The first-order valence-electron chi connectivity index (χ1n) is 6.31. The van der Waals surface area contributed by atoms with Crippen LogP contribution in [0.15, 0.2) is 23.1 Å². The van der Waals surface area contributed by atoms with E-state index in [9.17, 15) is 22.9 Å². The highest BCUT2D eigenvalue weighted by atomic mass is 32.2. The molecule has 2 atom stereocenters. The summed E-state index contributed by atoms with van der Waals surface area (Å²) in [5.41, 5.74) is -0.752. The Kier molecular flexibility index (Phi) is 4.26. The molecule has 1 aliphatic rings. The van der Waals surface area contributed by atoms with Crippen molar-refractivity contribution in [3.05, 3.63) is 34.1 Å². The second-order valence-corrected chi connectivity index (χ2v) is 6.89. The van der Waals surface area contributed by atoms with Crippen LogP contribution < -0.4 is 0 Å². The van der Waals surface area contributed by atoms with Crippen molar-refractivity contribution in [3.8, 4) is 0 Å². The van der Waals surface area contributed by atoms with E-state index >= 15 is 0 Å². The lowest BCUT2D eigenvalue weighted by atomic mass is 10.3. The van der Waals surface area contributed by atoms with Gasteiger partial charge in [0, 0.05) is 25.2 Å². The van der Waals surface area contributed by atoms with Crippen molar-refractivity contribution in [1.29, 1.82) is 0 Å². The van der Waals surface area contributed by atoms with Crippen LogP contribution in [-0.2, 0) is 14.8 Å². The Morgan fingerprint density at radius 1 is 1.33 bits per heavy atom. The summed E-state index contributed by atoms with van der Waals surface area (Å²) in [6.45, 7) is 3.81. The number of sulfonamides is 1. The quantitative estimate of drug-likeness (QED) is 0.623. The molecular weight excluding hydrogens is 303 g/mol. The van der Waals surface area contributed by atoms with Gasteiger partial charge < -0.3 is 4.74 Å². The molecule has 1 aromatic carbocycles. The molecule has 0 bridgehead atoms. The van der Waals surface area contributed by atoms with Crippen LogP contribution in [0.25, 0.3) is 0 Å². The molecule has 1 aliphatic heterocycles. The molecule has 9 heteroatoms. The molecule has 0 N–H and O–H groups in total. The molecule has 21 heavy (non-hydrogen) atoms.